The van der Waals surface area contributed by atoms with Gasteiger partial charge in [-0.25, -0.2) is 0 Å². The summed E-state index contributed by atoms with van der Waals surface area (Å²) >= 11 is 0. The number of likely N-dealkylation sites (tertiary alicyclic amines) is 1. The van der Waals surface area contributed by atoms with E-state index in [1.807, 2.05) is 23.1 Å². The first-order chi connectivity index (χ1) is 10.2. The number of carbonyl (C=O) groups is 1. The largest absolute Gasteiger partial charge is 0.496 e. The number of hydrogen-bond donors (Lipinski definition) is 1. The van der Waals surface area contributed by atoms with Crippen LogP contribution in [-0.4, -0.2) is 50.3 Å². The van der Waals surface area contributed by atoms with Crippen LogP contribution in [0.4, 0.5) is 0 Å². The van der Waals surface area contributed by atoms with Gasteiger partial charge in [0, 0.05) is 19.7 Å². The maximum absolute atomic E-state index is 12.4. The molecule has 1 aromatic carbocycles. The highest BCUT2D eigenvalue weighted by molar-refractivity contribution is 5.85. The molecule has 6 heteroatoms. The predicted molar refractivity (Wildman–Crippen MR) is 88.5 cm³/mol. The zero-order chi connectivity index (χ0) is 15.2. The van der Waals surface area contributed by atoms with Crippen molar-refractivity contribution in [3.05, 3.63) is 29.8 Å². The van der Waals surface area contributed by atoms with Crippen LogP contribution in [0.1, 0.15) is 18.4 Å². The van der Waals surface area contributed by atoms with Crippen molar-refractivity contribution in [2.45, 2.75) is 31.3 Å². The molecular weight excluding hydrogens is 304 g/mol. The summed E-state index contributed by atoms with van der Waals surface area (Å²) in [6.45, 7) is 1.03. The highest BCUT2D eigenvalue weighted by Crippen LogP contribution is 2.26. The molecule has 0 aromatic heterocycles. The van der Waals surface area contributed by atoms with Crippen molar-refractivity contribution in [2.75, 3.05) is 27.4 Å². The summed E-state index contributed by atoms with van der Waals surface area (Å²) in [5.41, 5.74) is 7.01. The zero-order valence-corrected chi connectivity index (χ0v) is 14.0. The topological polar surface area (TPSA) is 64.8 Å². The molecule has 1 aromatic rings. The Bertz CT molecular complexity index is 484. The van der Waals surface area contributed by atoms with Crippen molar-refractivity contribution < 1.29 is 14.3 Å². The van der Waals surface area contributed by atoms with E-state index in [-0.39, 0.29) is 31.0 Å². The fourth-order valence-corrected chi connectivity index (χ4v) is 2.93. The van der Waals surface area contributed by atoms with E-state index in [1.165, 1.54) is 0 Å². The van der Waals surface area contributed by atoms with Gasteiger partial charge in [-0.1, -0.05) is 18.2 Å². The summed E-state index contributed by atoms with van der Waals surface area (Å²) in [6, 6.07) is 7.57. The average Bonchev–Trinajstić information content (AvgIpc) is 2.95. The summed E-state index contributed by atoms with van der Waals surface area (Å²) < 4.78 is 10.4. The van der Waals surface area contributed by atoms with Crippen molar-refractivity contribution in [1.82, 2.24) is 4.90 Å². The van der Waals surface area contributed by atoms with Crippen molar-refractivity contribution in [1.29, 1.82) is 0 Å². The van der Waals surface area contributed by atoms with Gasteiger partial charge in [0.05, 0.1) is 13.7 Å². The average molecular weight is 329 g/mol. The number of para-hydroxylation sites is 1. The monoisotopic (exact) mass is 328 g/mol. The molecule has 1 fully saturated rings. The van der Waals surface area contributed by atoms with Crippen molar-refractivity contribution >= 4 is 18.3 Å². The Kier molecular flexibility index (Phi) is 7.65. The van der Waals surface area contributed by atoms with Gasteiger partial charge < -0.3 is 20.1 Å². The van der Waals surface area contributed by atoms with E-state index in [0.717, 1.165) is 37.1 Å². The van der Waals surface area contributed by atoms with Crippen molar-refractivity contribution in [2.24, 2.45) is 5.73 Å². The number of hydrogen-bond acceptors (Lipinski definition) is 4. The smallest absolute Gasteiger partial charge is 0.242 e. The van der Waals surface area contributed by atoms with Crippen LogP contribution >= 0.6 is 12.4 Å². The first-order valence-electron chi connectivity index (χ1n) is 7.34. The van der Waals surface area contributed by atoms with E-state index in [9.17, 15) is 4.79 Å². The Morgan fingerprint density at radius 2 is 2.14 bits per heavy atom. The summed E-state index contributed by atoms with van der Waals surface area (Å²) in [5.74, 6) is 0.854. The van der Waals surface area contributed by atoms with Crippen LogP contribution in [0.5, 0.6) is 5.75 Å². The Morgan fingerprint density at radius 3 is 2.82 bits per heavy atom. The lowest BCUT2D eigenvalue weighted by atomic mass is 10.0. The van der Waals surface area contributed by atoms with Crippen LogP contribution in [0, 0.1) is 0 Å². The summed E-state index contributed by atoms with van der Waals surface area (Å²) in [7, 11) is 3.23. The molecule has 2 unspecified atom stereocenters. The number of nitrogens with zero attached hydrogens (tertiary/aromatic N) is 1. The van der Waals surface area contributed by atoms with E-state index in [4.69, 9.17) is 15.2 Å². The molecule has 1 aliphatic heterocycles. The van der Waals surface area contributed by atoms with Gasteiger partial charge in [-0.15, -0.1) is 12.4 Å². The summed E-state index contributed by atoms with van der Waals surface area (Å²) in [4.78, 5) is 14.3. The highest BCUT2D eigenvalue weighted by atomic mass is 35.5. The van der Waals surface area contributed by atoms with Crippen molar-refractivity contribution in [3.63, 3.8) is 0 Å². The molecule has 1 heterocycles. The lowest BCUT2D eigenvalue weighted by molar-refractivity contribution is -0.134. The molecule has 5 nitrogen and oxygen atoms in total. The number of nitrogens with two attached hydrogens (primary N) is 1. The second kappa shape index (κ2) is 8.98. The second-order valence-corrected chi connectivity index (χ2v) is 5.41. The molecule has 22 heavy (non-hydrogen) atoms. The Hall–Kier alpha value is -1.30. The third kappa shape index (κ3) is 4.35. The van der Waals surface area contributed by atoms with E-state index in [0.29, 0.717) is 0 Å². The van der Waals surface area contributed by atoms with Crippen LogP contribution in [0.15, 0.2) is 24.3 Å². The molecule has 1 aliphatic rings. The van der Waals surface area contributed by atoms with E-state index in [1.54, 1.807) is 14.2 Å². The number of benzene rings is 1. The van der Waals surface area contributed by atoms with Crippen LogP contribution in [0.3, 0.4) is 0 Å². The maximum atomic E-state index is 12.4. The molecule has 2 N–H and O–H groups in total. The molecule has 0 spiro atoms. The Balaban J connectivity index is 0.00000242. The van der Waals surface area contributed by atoms with Gasteiger partial charge in [-0.3, -0.25) is 4.79 Å². The minimum Gasteiger partial charge on any atom is -0.496 e. The molecule has 1 saturated heterocycles. The number of methoxy groups -OCH3 is 2. The van der Waals surface area contributed by atoms with E-state index < -0.39 is 6.04 Å². The fourth-order valence-electron chi connectivity index (χ4n) is 2.93. The maximum Gasteiger partial charge on any atom is 0.242 e. The Morgan fingerprint density at radius 1 is 1.41 bits per heavy atom. The molecule has 0 saturated carbocycles. The second-order valence-electron chi connectivity index (χ2n) is 5.41. The number of carbonyl (C=O) groups excluding carboxylic acids is 1. The number of rotatable bonds is 6. The number of ether oxygens (including phenoxy) is 2. The van der Waals surface area contributed by atoms with E-state index >= 15 is 0 Å². The SMILES string of the molecule is COCC(N)C(=O)N1CCCC1Cc1ccccc1OC.Cl. The van der Waals surface area contributed by atoms with Crippen LogP contribution in [0.25, 0.3) is 0 Å². The first-order valence-corrected chi connectivity index (χ1v) is 7.34. The van der Waals surface area contributed by atoms with Crippen molar-refractivity contribution in [3.8, 4) is 5.75 Å². The predicted octanol–water partition coefficient (Wildman–Crippen LogP) is 1.62. The number of amides is 1. The fraction of sp³-hybridized carbons (Fsp3) is 0.562. The molecule has 124 valence electrons. The Labute approximate surface area is 138 Å². The minimum atomic E-state index is -0.576. The molecule has 1 amide bonds. The van der Waals surface area contributed by atoms with Crippen LogP contribution in [-0.2, 0) is 16.0 Å². The molecule has 0 radical (unpaired) electrons. The van der Waals surface area contributed by atoms with Gasteiger partial charge in [0.1, 0.15) is 11.8 Å². The van der Waals surface area contributed by atoms with Gasteiger partial charge in [-0.05, 0) is 30.9 Å². The molecule has 2 atom stereocenters. The lowest BCUT2D eigenvalue weighted by Crippen LogP contribution is -2.48. The highest BCUT2D eigenvalue weighted by Gasteiger charge is 2.32. The van der Waals surface area contributed by atoms with Gasteiger partial charge in [0.2, 0.25) is 5.91 Å². The van der Waals surface area contributed by atoms with Gasteiger partial charge in [-0.2, -0.15) is 0 Å². The molecule has 2 rings (SSSR count). The first kappa shape index (κ1) is 18.7. The van der Waals surface area contributed by atoms with Crippen LogP contribution < -0.4 is 10.5 Å². The molecule has 0 aliphatic carbocycles. The summed E-state index contributed by atoms with van der Waals surface area (Å²) in [5, 5.41) is 0. The third-order valence-electron chi connectivity index (χ3n) is 3.97. The zero-order valence-electron chi connectivity index (χ0n) is 13.2. The molecular formula is C16H25ClN2O3. The minimum absolute atomic E-state index is 0. The van der Waals surface area contributed by atoms with Gasteiger partial charge in [0.15, 0.2) is 0 Å². The molecule has 0 bridgehead atoms. The number of halogens is 1. The third-order valence-corrected chi connectivity index (χ3v) is 3.97. The summed E-state index contributed by atoms with van der Waals surface area (Å²) in [6.07, 6.45) is 2.82. The normalized spacial score (nSPS) is 18.7. The van der Waals surface area contributed by atoms with Gasteiger partial charge >= 0.3 is 0 Å². The van der Waals surface area contributed by atoms with Crippen LogP contribution in [0.2, 0.25) is 0 Å². The van der Waals surface area contributed by atoms with Gasteiger partial charge in [0.25, 0.3) is 0 Å². The lowest BCUT2D eigenvalue weighted by Gasteiger charge is -2.27. The van der Waals surface area contributed by atoms with E-state index in [2.05, 4.69) is 6.07 Å². The standard InChI is InChI=1S/C16H24N2O3.ClH/c1-20-11-14(17)16(19)18-9-5-7-13(18)10-12-6-3-4-8-15(12)21-2;/h3-4,6,8,13-14H,5,7,9-11,17H2,1-2H3;1H. The quantitative estimate of drug-likeness (QED) is 0.862.